The lowest BCUT2D eigenvalue weighted by atomic mass is 9.88. The molecular weight excluding hydrogens is 490 g/mol. The number of non-ortho nitro benzene ring substituents is 1. The van der Waals surface area contributed by atoms with E-state index in [2.05, 4.69) is 28.2 Å². The maximum Gasteiger partial charge on any atom is 0.269 e. The number of nitrogens with one attached hydrogen (secondary N) is 1. The molecule has 1 amide bonds. The second-order valence-corrected chi connectivity index (χ2v) is 9.45. The molecule has 5 aromatic rings. The molecule has 0 aliphatic carbocycles. The van der Waals surface area contributed by atoms with E-state index >= 15 is 0 Å². The first-order valence-corrected chi connectivity index (χ1v) is 12.8. The van der Waals surface area contributed by atoms with Crippen LogP contribution in [0.3, 0.4) is 0 Å². The van der Waals surface area contributed by atoms with Gasteiger partial charge in [0.25, 0.3) is 5.69 Å². The molecular formula is C32H29N3O4. The molecule has 7 nitrogen and oxygen atoms in total. The maximum atomic E-state index is 13.2. The number of rotatable bonds is 10. The van der Waals surface area contributed by atoms with Gasteiger partial charge in [0.1, 0.15) is 5.75 Å². The molecule has 1 atom stereocenters. The molecule has 0 radical (unpaired) electrons. The summed E-state index contributed by atoms with van der Waals surface area (Å²) in [5, 5.41) is 15.4. The van der Waals surface area contributed by atoms with Gasteiger partial charge in [-0.25, -0.2) is 0 Å². The van der Waals surface area contributed by atoms with Crippen molar-refractivity contribution in [2.75, 3.05) is 7.11 Å². The van der Waals surface area contributed by atoms with Crippen LogP contribution in [0.25, 0.3) is 10.9 Å². The van der Waals surface area contributed by atoms with Crippen LogP contribution in [0, 0.1) is 10.1 Å². The molecule has 0 spiro atoms. The van der Waals surface area contributed by atoms with Gasteiger partial charge in [-0.1, -0.05) is 72.8 Å². The average molecular weight is 520 g/mol. The Balaban J connectivity index is 1.50. The summed E-state index contributed by atoms with van der Waals surface area (Å²) in [6.07, 6.45) is 2.31. The number of benzene rings is 4. The highest BCUT2D eigenvalue weighted by atomic mass is 16.6. The highest BCUT2D eigenvalue weighted by Crippen LogP contribution is 2.36. The van der Waals surface area contributed by atoms with E-state index in [-0.39, 0.29) is 23.9 Å². The summed E-state index contributed by atoms with van der Waals surface area (Å²) in [6.45, 7) is 1.09. The molecule has 1 aromatic heterocycles. The van der Waals surface area contributed by atoms with Crippen LogP contribution in [-0.2, 0) is 17.9 Å². The molecule has 0 aliphatic heterocycles. The molecule has 1 heterocycles. The lowest BCUT2D eigenvalue weighted by molar-refractivity contribution is -0.384. The Hall–Kier alpha value is -4.91. The van der Waals surface area contributed by atoms with Crippen LogP contribution < -0.4 is 10.1 Å². The van der Waals surface area contributed by atoms with E-state index < -0.39 is 4.92 Å². The largest absolute Gasteiger partial charge is 0.497 e. The minimum Gasteiger partial charge on any atom is -0.497 e. The average Bonchev–Trinajstić information content (AvgIpc) is 3.33. The molecule has 7 heteroatoms. The van der Waals surface area contributed by atoms with Gasteiger partial charge in [0.05, 0.1) is 12.0 Å². The van der Waals surface area contributed by atoms with Gasteiger partial charge in [0.15, 0.2) is 0 Å². The summed E-state index contributed by atoms with van der Waals surface area (Å²) in [5.74, 6) is 0.425. The van der Waals surface area contributed by atoms with E-state index in [1.807, 2.05) is 66.7 Å². The Labute approximate surface area is 226 Å². The number of carbonyl (C=O) groups excluding carboxylic acids is 1. The summed E-state index contributed by atoms with van der Waals surface area (Å²) in [6, 6.07) is 32.4. The maximum absolute atomic E-state index is 13.2. The normalized spacial score (nSPS) is 11.7. The van der Waals surface area contributed by atoms with Crippen molar-refractivity contribution in [1.82, 2.24) is 9.88 Å². The number of fused-ring (bicyclic) bond motifs is 1. The number of nitro groups is 1. The van der Waals surface area contributed by atoms with Crippen LogP contribution in [0.5, 0.6) is 5.75 Å². The smallest absolute Gasteiger partial charge is 0.269 e. The number of nitrogens with zero attached hydrogens (tertiary/aromatic N) is 2. The van der Waals surface area contributed by atoms with Crippen molar-refractivity contribution in [3.05, 3.63) is 142 Å². The van der Waals surface area contributed by atoms with Gasteiger partial charge < -0.3 is 14.6 Å². The van der Waals surface area contributed by atoms with E-state index in [0.717, 1.165) is 38.9 Å². The molecule has 196 valence electrons. The fraction of sp³-hybridized carbons (Fsp3) is 0.156. The predicted octanol–water partition coefficient (Wildman–Crippen LogP) is 6.44. The van der Waals surface area contributed by atoms with Crippen molar-refractivity contribution in [3.63, 3.8) is 0 Å². The monoisotopic (exact) mass is 519 g/mol. The van der Waals surface area contributed by atoms with E-state index in [4.69, 9.17) is 4.74 Å². The first-order chi connectivity index (χ1) is 19.0. The third-order valence-corrected chi connectivity index (χ3v) is 6.94. The molecule has 0 unspecified atom stereocenters. The van der Waals surface area contributed by atoms with Crippen LogP contribution in [0.4, 0.5) is 5.69 Å². The highest BCUT2D eigenvalue weighted by Gasteiger charge is 2.23. The number of para-hydroxylation sites is 1. The molecule has 0 aliphatic rings. The minimum absolute atomic E-state index is 0.0213. The zero-order valence-electron chi connectivity index (χ0n) is 21.6. The standard InChI is InChI=1S/C32H29N3O4/c1-39-27-17-11-24(12-18-27)21-34-22-30(28-9-5-6-10-31(28)34)29(25-13-15-26(16-14-25)35(37)38)19-32(36)33-20-23-7-3-2-4-8-23/h2-18,22,29H,19-21H2,1H3,(H,33,36)/t29-/m1/s1. The first-order valence-electron chi connectivity index (χ1n) is 12.8. The van der Waals surface area contributed by atoms with E-state index in [1.54, 1.807) is 19.2 Å². The zero-order chi connectivity index (χ0) is 27.2. The second kappa shape index (κ2) is 11.6. The van der Waals surface area contributed by atoms with Crippen molar-refractivity contribution in [2.24, 2.45) is 0 Å². The lowest BCUT2D eigenvalue weighted by Gasteiger charge is -2.17. The van der Waals surface area contributed by atoms with Crippen LogP contribution in [0.1, 0.15) is 34.6 Å². The van der Waals surface area contributed by atoms with Crippen molar-refractivity contribution in [1.29, 1.82) is 0 Å². The second-order valence-electron chi connectivity index (χ2n) is 9.45. The van der Waals surface area contributed by atoms with Crippen molar-refractivity contribution >= 4 is 22.5 Å². The SMILES string of the molecule is COc1ccc(Cn2cc([C@H](CC(=O)NCc3ccccc3)c3ccc([N+](=O)[O-])cc3)c3ccccc32)cc1. The molecule has 0 bridgehead atoms. The fourth-order valence-corrected chi connectivity index (χ4v) is 4.90. The van der Waals surface area contributed by atoms with Crippen molar-refractivity contribution in [2.45, 2.75) is 25.4 Å². The van der Waals surface area contributed by atoms with Crippen molar-refractivity contribution in [3.8, 4) is 5.75 Å². The molecule has 0 saturated carbocycles. The summed E-state index contributed by atoms with van der Waals surface area (Å²) in [4.78, 5) is 24.1. The van der Waals surface area contributed by atoms with Gasteiger partial charge in [0.2, 0.25) is 5.91 Å². The van der Waals surface area contributed by atoms with E-state index in [1.165, 1.54) is 12.1 Å². The van der Waals surface area contributed by atoms with Gasteiger partial charge >= 0.3 is 0 Å². The van der Waals surface area contributed by atoms with Crippen LogP contribution in [0.15, 0.2) is 109 Å². The number of carbonyl (C=O) groups is 1. The molecule has 4 aromatic carbocycles. The number of methoxy groups -OCH3 is 1. The van der Waals surface area contributed by atoms with Crippen molar-refractivity contribution < 1.29 is 14.5 Å². The van der Waals surface area contributed by atoms with Gasteiger partial charge in [-0.2, -0.15) is 0 Å². The van der Waals surface area contributed by atoms with Gasteiger partial charge in [-0.3, -0.25) is 14.9 Å². The topological polar surface area (TPSA) is 86.4 Å². The third-order valence-electron chi connectivity index (χ3n) is 6.94. The van der Waals surface area contributed by atoms with Crippen LogP contribution >= 0.6 is 0 Å². The Morgan fingerprint density at radius 2 is 1.59 bits per heavy atom. The van der Waals surface area contributed by atoms with Gasteiger partial charge in [-0.05, 0) is 40.5 Å². The number of amides is 1. The number of hydrogen-bond donors (Lipinski definition) is 1. The Morgan fingerprint density at radius 1 is 0.897 bits per heavy atom. The number of ether oxygens (including phenoxy) is 1. The Morgan fingerprint density at radius 3 is 2.28 bits per heavy atom. The fourth-order valence-electron chi connectivity index (χ4n) is 4.90. The number of nitro benzene ring substituents is 1. The van der Waals surface area contributed by atoms with Crippen LogP contribution in [-0.4, -0.2) is 22.5 Å². The molecule has 1 N–H and O–H groups in total. The van der Waals surface area contributed by atoms with Gasteiger partial charge in [-0.15, -0.1) is 0 Å². The lowest BCUT2D eigenvalue weighted by Crippen LogP contribution is -2.25. The predicted molar refractivity (Wildman–Crippen MR) is 152 cm³/mol. The number of hydrogen-bond acceptors (Lipinski definition) is 4. The molecule has 0 saturated heterocycles. The third kappa shape index (κ3) is 5.99. The van der Waals surface area contributed by atoms with Crippen LogP contribution in [0.2, 0.25) is 0 Å². The van der Waals surface area contributed by atoms with Gasteiger partial charge in [0, 0.05) is 54.7 Å². The minimum atomic E-state index is -0.411. The summed E-state index contributed by atoms with van der Waals surface area (Å²) in [7, 11) is 1.65. The number of aromatic nitrogens is 1. The van der Waals surface area contributed by atoms with E-state index in [9.17, 15) is 14.9 Å². The highest BCUT2D eigenvalue weighted by molar-refractivity contribution is 5.87. The Bertz CT molecular complexity index is 1580. The zero-order valence-corrected chi connectivity index (χ0v) is 21.6. The first kappa shape index (κ1) is 25.7. The molecule has 39 heavy (non-hydrogen) atoms. The van der Waals surface area contributed by atoms with E-state index in [0.29, 0.717) is 13.1 Å². The summed E-state index contributed by atoms with van der Waals surface area (Å²) in [5.41, 5.74) is 5.07. The molecule has 0 fully saturated rings. The summed E-state index contributed by atoms with van der Waals surface area (Å²) >= 11 is 0. The summed E-state index contributed by atoms with van der Waals surface area (Å²) < 4.78 is 7.48. The molecule has 5 rings (SSSR count). The quantitative estimate of drug-likeness (QED) is 0.170. The Kier molecular flexibility index (Phi) is 7.68.